The molecule has 0 bridgehead atoms. The van der Waals surface area contributed by atoms with Crippen molar-refractivity contribution in [1.82, 2.24) is 5.32 Å². The summed E-state index contributed by atoms with van der Waals surface area (Å²) in [6, 6.07) is 0.443. The molecular formula is C8H15NO3. The zero-order valence-corrected chi connectivity index (χ0v) is 7.08. The Morgan fingerprint density at radius 3 is 3.08 bits per heavy atom. The Morgan fingerprint density at radius 2 is 2.50 bits per heavy atom. The van der Waals surface area contributed by atoms with Crippen molar-refractivity contribution in [2.24, 2.45) is 0 Å². The second-order valence-electron chi connectivity index (χ2n) is 3.01. The number of hydrogen-bond acceptors (Lipinski definition) is 3. The van der Waals surface area contributed by atoms with Gasteiger partial charge in [0, 0.05) is 6.04 Å². The van der Waals surface area contributed by atoms with Gasteiger partial charge < -0.3 is 15.2 Å². The molecule has 0 amide bonds. The lowest BCUT2D eigenvalue weighted by Crippen LogP contribution is -2.27. The largest absolute Gasteiger partial charge is 0.481 e. The first-order valence-corrected chi connectivity index (χ1v) is 4.32. The number of ether oxygens (including phenoxy) is 1. The molecule has 4 nitrogen and oxygen atoms in total. The van der Waals surface area contributed by atoms with Crippen molar-refractivity contribution in [1.29, 1.82) is 0 Å². The van der Waals surface area contributed by atoms with Gasteiger partial charge in [-0.2, -0.15) is 0 Å². The van der Waals surface area contributed by atoms with Gasteiger partial charge in [0.25, 0.3) is 0 Å². The highest BCUT2D eigenvalue weighted by Crippen LogP contribution is 2.04. The van der Waals surface area contributed by atoms with Gasteiger partial charge in [0.15, 0.2) is 0 Å². The average molecular weight is 173 g/mol. The molecule has 0 aromatic rings. The molecule has 1 fully saturated rings. The first kappa shape index (κ1) is 9.48. The van der Waals surface area contributed by atoms with E-state index in [1.807, 2.05) is 0 Å². The topological polar surface area (TPSA) is 58.6 Å². The van der Waals surface area contributed by atoms with Crippen LogP contribution in [0.25, 0.3) is 0 Å². The van der Waals surface area contributed by atoms with Crippen LogP contribution in [0.5, 0.6) is 0 Å². The first-order valence-electron chi connectivity index (χ1n) is 4.32. The van der Waals surface area contributed by atoms with Crippen LogP contribution in [0.2, 0.25) is 0 Å². The second kappa shape index (κ2) is 5.11. The Bertz CT molecular complexity index is 143. The SMILES string of the molecule is O=C(O)CCOCC1CCCN1. The van der Waals surface area contributed by atoms with E-state index >= 15 is 0 Å². The van der Waals surface area contributed by atoms with Crippen molar-refractivity contribution in [2.75, 3.05) is 19.8 Å². The van der Waals surface area contributed by atoms with E-state index in [-0.39, 0.29) is 6.42 Å². The summed E-state index contributed by atoms with van der Waals surface area (Å²) in [4.78, 5) is 10.1. The molecule has 1 aliphatic heterocycles. The van der Waals surface area contributed by atoms with E-state index in [4.69, 9.17) is 9.84 Å². The Balaban J connectivity index is 1.91. The molecule has 1 rings (SSSR count). The number of carboxylic acid groups (broad SMARTS) is 1. The maximum Gasteiger partial charge on any atom is 0.305 e. The average Bonchev–Trinajstić information content (AvgIpc) is 2.49. The van der Waals surface area contributed by atoms with Gasteiger partial charge in [0.2, 0.25) is 0 Å². The zero-order chi connectivity index (χ0) is 8.81. The van der Waals surface area contributed by atoms with Crippen LogP contribution >= 0.6 is 0 Å². The van der Waals surface area contributed by atoms with E-state index in [2.05, 4.69) is 5.32 Å². The fourth-order valence-electron chi connectivity index (χ4n) is 1.28. The lowest BCUT2D eigenvalue weighted by atomic mass is 10.2. The van der Waals surface area contributed by atoms with Gasteiger partial charge in [-0.15, -0.1) is 0 Å². The number of nitrogens with one attached hydrogen (secondary N) is 1. The van der Waals surface area contributed by atoms with E-state index in [1.165, 1.54) is 6.42 Å². The van der Waals surface area contributed by atoms with E-state index in [0.29, 0.717) is 19.3 Å². The Morgan fingerprint density at radius 1 is 1.67 bits per heavy atom. The van der Waals surface area contributed by atoms with Gasteiger partial charge in [0.1, 0.15) is 0 Å². The molecule has 0 aliphatic carbocycles. The van der Waals surface area contributed by atoms with Crippen molar-refractivity contribution in [3.63, 3.8) is 0 Å². The van der Waals surface area contributed by atoms with Crippen LogP contribution < -0.4 is 5.32 Å². The van der Waals surface area contributed by atoms with E-state index in [0.717, 1.165) is 13.0 Å². The quantitative estimate of drug-likeness (QED) is 0.584. The number of carboxylic acids is 1. The molecule has 1 unspecified atom stereocenters. The predicted molar refractivity (Wildman–Crippen MR) is 44.1 cm³/mol. The van der Waals surface area contributed by atoms with E-state index in [9.17, 15) is 4.79 Å². The normalized spacial score (nSPS) is 22.8. The minimum absolute atomic E-state index is 0.104. The molecule has 1 saturated heterocycles. The summed E-state index contributed by atoms with van der Waals surface area (Å²) in [5, 5.41) is 11.6. The highest BCUT2D eigenvalue weighted by molar-refractivity contribution is 5.66. The van der Waals surface area contributed by atoms with Crippen LogP contribution in [0.1, 0.15) is 19.3 Å². The molecule has 12 heavy (non-hydrogen) atoms. The minimum atomic E-state index is -0.797. The highest BCUT2D eigenvalue weighted by Gasteiger charge is 2.13. The molecule has 70 valence electrons. The lowest BCUT2D eigenvalue weighted by Gasteiger charge is -2.09. The molecule has 0 spiro atoms. The Kier molecular flexibility index (Phi) is 4.04. The van der Waals surface area contributed by atoms with Crippen molar-refractivity contribution >= 4 is 5.97 Å². The van der Waals surface area contributed by atoms with Crippen molar-refractivity contribution in [2.45, 2.75) is 25.3 Å². The van der Waals surface area contributed by atoms with Crippen LogP contribution in [0.4, 0.5) is 0 Å². The minimum Gasteiger partial charge on any atom is -0.481 e. The highest BCUT2D eigenvalue weighted by atomic mass is 16.5. The molecule has 0 aromatic heterocycles. The molecule has 1 aliphatic rings. The van der Waals surface area contributed by atoms with Crippen LogP contribution in [-0.4, -0.2) is 36.9 Å². The van der Waals surface area contributed by atoms with Crippen LogP contribution in [0.15, 0.2) is 0 Å². The molecule has 4 heteroatoms. The van der Waals surface area contributed by atoms with Gasteiger partial charge in [-0.05, 0) is 19.4 Å². The number of rotatable bonds is 5. The Hall–Kier alpha value is -0.610. The van der Waals surface area contributed by atoms with Gasteiger partial charge in [-0.25, -0.2) is 0 Å². The molecule has 0 saturated carbocycles. The number of aliphatic carboxylic acids is 1. The first-order chi connectivity index (χ1) is 5.79. The molecule has 1 heterocycles. The van der Waals surface area contributed by atoms with Crippen LogP contribution in [0.3, 0.4) is 0 Å². The third-order valence-electron chi connectivity index (χ3n) is 1.94. The zero-order valence-electron chi connectivity index (χ0n) is 7.08. The lowest BCUT2D eigenvalue weighted by molar-refractivity contribution is -0.138. The molecule has 2 N–H and O–H groups in total. The summed E-state index contributed by atoms with van der Waals surface area (Å²) in [7, 11) is 0. The predicted octanol–water partition coefficient (Wildman–Crippen LogP) is 0.230. The fourth-order valence-corrected chi connectivity index (χ4v) is 1.28. The maximum absolute atomic E-state index is 10.1. The van der Waals surface area contributed by atoms with Gasteiger partial charge >= 0.3 is 5.97 Å². The molecule has 0 aromatic carbocycles. The Labute approximate surface area is 71.9 Å². The summed E-state index contributed by atoms with van der Waals surface area (Å²) < 4.78 is 5.19. The second-order valence-corrected chi connectivity index (χ2v) is 3.01. The summed E-state index contributed by atoms with van der Waals surface area (Å²) in [5.41, 5.74) is 0. The smallest absolute Gasteiger partial charge is 0.305 e. The molecular weight excluding hydrogens is 158 g/mol. The van der Waals surface area contributed by atoms with Crippen LogP contribution in [-0.2, 0) is 9.53 Å². The van der Waals surface area contributed by atoms with Crippen molar-refractivity contribution < 1.29 is 14.6 Å². The standard InChI is InChI=1S/C8H15NO3/c10-8(11)3-5-12-6-7-2-1-4-9-7/h7,9H,1-6H2,(H,10,11). The van der Waals surface area contributed by atoms with Crippen molar-refractivity contribution in [3.05, 3.63) is 0 Å². The number of carbonyl (C=O) groups is 1. The van der Waals surface area contributed by atoms with Crippen molar-refractivity contribution in [3.8, 4) is 0 Å². The van der Waals surface area contributed by atoms with Gasteiger partial charge in [0.05, 0.1) is 19.6 Å². The summed E-state index contributed by atoms with van der Waals surface area (Å²) in [6.07, 6.45) is 2.45. The number of hydrogen-bond donors (Lipinski definition) is 2. The summed E-state index contributed by atoms with van der Waals surface area (Å²) in [5.74, 6) is -0.797. The summed E-state index contributed by atoms with van der Waals surface area (Å²) >= 11 is 0. The van der Waals surface area contributed by atoms with Gasteiger partial charge in [-0.3, -0.25) is 4.79 Å². The monoisotopic (exact) mass is 173 g/mol. The van der Waals surface area contributed by atoms with E-state index < -0.39 is 5.97 Å². The third kappa shape index (κ3) is 3.69. The fraction of sp³-hybridized carbons (Fsp3) is 0.875. The molecule has 1 atom stereocenters. The third-order valence-corrected chi connectivity index (χ3v) is 1.94. The summed E-state index contributed by atoms with van der Waals surface area (Å²) in [6.45, 7) is 2.04. The van der Waals surface area contributed by atoms with E-state index in [1.54, 1.807) is 0 Å². The molecule has 0 radical (unpaired) electrons. The van der Waals surface area contributed by atoms with Gasteiger partial charge in [-0.1, -0.05) is 0 Å². The van der Waals surface area contributed by atoms with Crippen LogP contribution in [0, 0.1) is 0 Å². The maximum atomic E-state index is 10.1.